The summed E-state index contributed by atoms with van der Waals surface area (Å²) >= 11 is 0. The normalized spacial score (nSPS) is 24.8. The lowest BCUT2D eigenvalue weighted by molar-refractivity contribution is 0.314. The van der Waals surface area contributed by atoms with Gasteiger partial charge in [-0.25, -0.2) is 4.99 Å². The molecule has 0 amide bonds. The van der Waals surface area contributed by atoms with Crippen LogP contribution >= 0.6 is 0 Å². The van der Waals surface area contributed by atoms with E-state index in [1.54, 1.807) is 0 Å². The molecule has 0 aromatic heterocycles. The average Bonchev–Trinajstić information content (AvgIpc) is 3.02. The van der Waals surface area contributed by atoms with Gasteiger partial charge in [0, 0.05) is 0 Å². The van der Waals surface area contributed by atoms with Crippen LogP contribution in [-0.4, -0.2) is 12.6 Å². The highest BCUT2D eigenvalue weighted by Crippen LogP contribution is 2.43. The highest BCUT2D eigenvalue weighted by Gasteiger charge is 2.29. The molecule has 0 bridgehead atoms. The van der Waals surface area contributed by atoms with E-state index >= 15 is 0 Å². The van der Waals surface area contributed by atoms with Crippen LogP contribution in [0.1, 0.15) is 35.9 Å². The van der Waals surface area contributed by atoms with Gasteiger partial charge in [0.25, 0.3) is 6.02 Å². The molecule has 15 heavy (non-hydrogen) atoms. The van der Waals surface area contributed by atoms with Crippen molar-refractivity contribution < 1.29 is 4.74 Å². The van der Waals surface area contributed by atoms with Crippen molar-refractivity contribution in [1.29, 1.82) is 0 Å². The van der Waals surface area contributed by atoms with Gasteiger partial charge in [-0.1, -0.05) is 24.3 Å². The van der Waals surface area contributed by atoms with Crippen LogP contribution in [0.2, 0.25) is 0 Å². The van der Waals surface area contributed by atoms with Gasteiger partial charge < -0.3 is 10.5 Å². The number of nitrogens with two attached hydrogens (primary N) is 1. The lowest BCUT2D eigenvalue weighted by Gasteiger charge is -2.11. The van der Waals surface area contributed by atoms with Gasteiger partial charge in [-0.2, -0.15) is 0 Å². The number of nitrogens with zero attached hydrogens (tertiary/aromatic N) is 1. The van der Waals surface area contributed by atoms with Crippen molar-refractivity contribution in [2.45, 2.75) is 24.8 Å². The van der Waals surface area contributed by atoms with Gasteiger partial charge >= 0.3 is 0 Å². The van der Waals surface area contributed by atoms with Crippen LogP contribution < -0.4 is 5.73 Å². The number of rotatable bonds is 2. The minimum absolute atomic E-state index is 0.113. The predicted octanol–water partition coefficient (Wildman–Crippen LogP) is 1.95. The molecule has 1 aliphatic carbocycles. The van der Waals surface area contributed by atoms with Gasteiger partial charge in [0.15, 0.2) is 0 Å². The highest BCUT2D eigenvalue weighted by atomic mass is 16.5. The van der Waals surface area contributed by atoms with Crippen LogP contribution in [0.5, 0.6) is 0 Å². The van der Waals surface area contributed by atoms with Gasteiger partial charge in [0.05, 0.1) is 0 Å². The Labute approximate surface area is 89.0 Å². The molecule has 0 spiro atoms. The van der Waals surface area contributed by atoms with E-state index in [9.17, 15) is 0 Å². The number of hydrogen-bond donors (Lipinski definition) is 1. The topological polar surface area (TPSA) is 47.6 Å². The fourth-order valence-electron chi connectivity index (χ4n) is 2.13. The molecule has 2 N–H and O–H groups in total. The number of hydrogen-bond acceptors (Lipinski definition) is 3. The third kappa shape index (κ3) is 1.58. The second-order valence-electron chi connectivity index (χ2n) is 4.20. The third-order valence-electron chi connectivity index (χ3n) is 3.04. The summed E-state index contributed by atoms with van der Waals surface area (Å²) in [6.07, 6.45) is 2.62. The maximum absolute atomic E-state index is 5.53. The summed E-state index contributed by atoms with van der Waals surface area (Å²) in [7, 11) is 0. The fraction of sp³-hybridized carbons (Fsp3) is 0.417. The molecule has 0 saturated heterocycles. The van der Waals surface area contributed by atoms with E-state index in [4.69, 9.17) is 10.5 Å². The summed E-state index contributed by atoms with van der Waals surface area (Å²) in [5.74, 6) is 0.748. The summed E-state index contributed by atoms with van der Waals surface area (Å²) in [6, 6.07) is 8.94. The van der Waals surface area contributed by atoms with E-state index in [2.05, 4.69) is 29.3 Å². The Morgan fingerprint density at radius 2 is 1.93 bits per heavy atom. The van der Waals surface area contributed by atoms with Crippen LogP contribution in [-0.2, 0) is 4.74 Å². The molecule has 78 valence electrons. The monoisotopic (exact) mass is 202 g/mol. The summed E-state index contributed by atoms with van der Waals surface area (Å²) in [5.41, 5.74) is 8.26. The molecule has 1 heterocycles. The van der Waals surface area contributed by atoms with Crippen molar-refractivity contribution in [2.24, 2.45) is 10.7 Å². The first-order valence-corrected chi connectivity index (χ1v) is 5.39. The molecule has 1 unspecified atom stereocenters. The highest BCUT2D eigenvalue weighted by molar-refractivity contribution is 5.73. The second kappa shape index (κ2) is 3.26. The van der Waals surface area contributed by atoms with E-state index in [-0.39, 0.29) is 6.04 Å². The Balaban J connectivity index is 1.96. The second-order valence-corrected chi connectivity index (χ2v) is 4.20. The van der Waals surface area contributed by atoms with E-state index < -0.39 is 0 Å². The van der Waals surface area contributed by atoms with Crippen LogP contribution in [0, 0.1) is 0 Å². The Morgan fingerprint density at radius 1 is 1.20 bits per heavy atom. The molecule has 3 heteroatoms. The molecule has 0 radical (unpaired) electrons. The van der Waals surface area contributed by atoms with E-state index in [0.717, 1.165) is 5.92 Å². The van der Waals surface area contributed by atoms with Crippen LogP contribution in [0.15, 0.2) is 29.3 Å². The third-order valence-corrected chi connectivity index (χ3v) is 3.04. The van der Waals surface area contributed by atoms with Crippen molar-refractivity contribution in [3.8, 4) is 0 Å². The van der Waals surface area contributed by atoms with Gasteiger partial charge in [-0.15, -0.1) is 0 Å². The van der Waals surface area contributed by atoms with E-state index in [1.165, 1.54) is 24.0 Å². The first-order valence-electron chi connectivity index (χ1n) is 5.39. The quantitative estimate of drug-likeness (QED) is 0.796. The predicted molar refractivity (Wildman–Crippen MR) is 58.7 cm³/mol. The average molecular weight is 202 g/mol. The van der Waals surface area contributed by atoms with Gasteiger partial charge in [0.2, 0.25) is 0 Å². The van der Waals surface area contributed by atoms with Gasteiger partial charge in [0.1, 0.15) is 12.6 Å². The first kappa shape index (κ1) is 8.77. The lowest BCUT2D eigenvalue weighted by atomic mass is 9.98. The standard InChI is InChI=1S/C12H14N2O/c13-12-14-11(7-15-12)10-4-2-1-3-9(10)8-5-6-8/h1-4,8,11H,5-7H2,(H2,13,14). The molecule has 3 nitrogen and oxygen atoms in total. The number of amidine groups is 1. The van der Waals surface area contributed by atoms with Crippen LogP contribution in [0.3, 0.4) is 0 Å². The Hall–Kier alpha value is -1.51. The molecule has 1 atom stereocenters. The fourth-order valence-corrected chi connectivity index (χ4v) is 2.13. The first-order chi connectivity index (χ1) is 7.34. The molecule has 3 rings (SSSR count). The van der Waals surface area contributed by atoms with Crippen LogP contribution in [0.25, 0.3) is 0 Å². The number of ether oxygens (including phenoxy) is 1. The van der Waals surface area contributed by atoms with Gasteiger partial charge in [-0.05, 0) is 29.9 Å². The van der Waals surface area contributed by atoms with Crippen molar-refractivity contribution in [3.05, 3.63) is 35.4 Å². The Bertz CT molecular complexity index is 410. The summed E-state index contributed by atoms with van der Waals surface area (Å²) in [4.78, 5) is 4.30. The van der Waals surface area contributed by atoms with Gasteiger partial charge in [-0.3, -0.25) is 0 Å². The minimum Gasteiger partial charge on any atom is -0.463 e. The molecule has 1 aromatic carbocycles. The molecular formula is C12H14N2O. The lowest BCUT2D eigenvalue weighted by Crippen LogP contribution is -2.10. The summed E-state index contributed by atoms with van der Waals surface area (Å²) < 4.78 is 5.20. The zero-order chi connectivity index (χ0) is 10.3. The molecule has 1 fully saturated rings. The molecule has 2 aliphatic rings. The number of aliphatic imine (C=N–C) groups is 1. The number of benzene rings is 1. The zero-order valence-electron chi connectivity index (χ0n) is 8.52. The van der Waals surface area contributed by atoms with Crippen molar-refractivity contribution >= 4 is 6.02 Å². The smallest absolute Gasteiger partial charge is 0.282 e. The Morgan fingerprint density at radius 3 is 2.53 bits per heavy atom. The summed E-state index contributed by atoms with van der Waals surface area (Å²) in [6.45, 7) is 0.593. The Kier molecular flexibility index (Phi) is 1.91. The molecule has 1 aromatic rings. The maximum Gasteiger partial charge on any atom is 0.282 e. The minimum atomic E-state index is 0.113. The van der Waals surface area contributed by atoms with Crippen molar-refractivity contribution in [2.75, 3.05) is 6.61 Å². The molecule has 1 saturated carbocycles. The molecule has 1 aliphatic heterocycles. The SMILES string of the molecule is NC1=NC(c2ccccc2C2CC2)CO1. The van der Waals surface area contributed by atoms with Crippen molar-refractivity contribution in [3.63, 3.8) is 0 Å². The van der Waals surface area contributed by atoms with Crippen molar-refractivity contribution in [1.82, 2.24) is 0 Å². The largest absolute Gasteiger partial charge is 0.463 e. The maximum atomic E-state index is 5.53. The van der Waals surface area contributed by atoms with Crippen LogP contribution in [0.4, 0.5) is 0 Å². The van der Waals surface area contributed by atoms with E-state index in [1.807, 2.05) is 0 Å². The zero-order valence-corrected chi connectivity index (χ0v) is 8.52. The summed E-state index contributed by atoms with van der Waals surface area (Å²) in [5, 5.41) is 0. The molecular weight excluding hydrogens is 188 g/mol. The van der Waals surface area contributed by atoms with E-state index in [0.29, 0.717) is 12.6 Å².